The Labute approximate surface area is 124 Å². The van der Waals surface area contributed by atoms with Crippen LogP contribution in [-0.2, 0) is 6.54 Å². The van der Waals surface area contributed by atoms with Gasteiger partial charge in [0.15, 0.2) is 0 Å². The Morgan fingerprint density at radius 2 is 1.81 bits per heavy atom. The molecule has 1 N–H and O–H groups in total. The first-order chi connectivity index (χ1) is 10.2. The molecule has 0 aromatic heterocycles. The number of hydrogen-bond acceptors (Lipinski definition) is 3. The van der Waals surface area contributed by atoms with Crippen LogP contribution in [0.3, 0.4) is 0 Å². The Kier molecular flexibility index (Phi) is 5.58. The maximum absolute atomic E-state index is 13.1. The van der Waals surface area contributed by atoms with Crippen LogP contribution >= 0.6 is 0 Å². The number of para-hydroxylation sites is 1. The van der Waals surface area contributed by atoms with Gasteiger partial charge in [0, 0.05) is 12.1 Å². The summed E-state index contributed by atoms with van der Waals surface area (Å²) in [4.78, 5) is 0. The minimum Gasteiger partial charge on any atom is -0.490 e. The second-order valence-electron chi connectivity index (χ2n) is 4.75. The molecule has 0 aliphatic carbocycles. The molecule has 0 atom stereocenters. The molecule has 0 unspecified atom stereocenters. The van der Waals surface area contributed by atoms with E-state index < -0.39 is 0 Å². The third-order valence-electron chi connectivity index (χ3n) is 3.08. The molecule has 0 bridgehead atoms. The first-order valence-electron chi connectivity index (χ1n) is 6.95. The fourth-order valence-corrected chi connectivity index (χ4v) is 2.00. The minimum atomic E-state index is -0.223. The molecule has 0 amide bonds. The minimum absolute atomic E-state index is 0.223. The Morgan fingerprint density at radius 1 is 1.05 bits per heavy atom. The summed E-state index contributed by atoms with van der Waals surface area (Å²) < 4.78 is 24.4. The van der Waals surface area contributed by atoms with Crippen LogP contribution in [0.5, 0.6) is 11.5 Å². The van der Waals surface area contributed by atoms with Gasteiger partial charge in [0.2, 0.25) is 0 Å². The van der Waals surface area contributed by atoms with Crippen LogP contribution in [0.15, 0.2) is 42.5 Å². The molecule has 2 aromatic carbocycles. The van der Waals surface area contributed by atoms with Crippen LogP contribution in [0.2, 0.25) is 0 Å². The monoisotopic (exact) mass is 289 g/mol. The van der Waals surface area contributed by atoms with Crippen LogP contribution in [0.25, 0.3) is 0 Å². The fraction of sp³-hybridized carbons (Fsp3) is 0.294. The number of ether oxygens (including phenoxy) is 2. The number of hydrogen-bond donors (Lipinski definition) is 1. The summed E-state index contributed by atoms with van der Waals surface area (Å²) in [5, 5.41) is 3.11. The quantitative estimate of drug-likeness (QED) is 0.793. The van der Waals surface area contributed by atoms with Crippen molar-refractivity contribution >= 4 is 0 Å². The van der Waals surface area contributed by atoms with Crippen LogP contribution < -0.4 is 14.8 Å². The third-order valence-corrected chi connectivity index (χ3v) is 3.08. The van der Waals surface area contributed by atoms with Gasteiger partial charge in [-0.05, 0) is 43.8 Å². The van der Waals surface area contributed by atoms with E-state index >= 15 is 0 Å². The van der Waals surface area contributed by atoms with Crippen LogP contribution in [0.1, 0.15) is 11.1 Å². The van der Waals surface area contributed by atoms with Crippen molar-refractivity contribution in [3.05, 3.63) is 59.4 Å². The van der Waals surface area contributed by atoms with Gasteiger partial charge in [0.25, 0.3) is 0 Å². The zero-order valence-electron chi connectivity index (χ0n) is 12.4. The second-order valence-corrected chi connectivity index (χ2v) is 4.75. The zero-order valence-corrected chi connectivity index (χ0v) is 12.4. The lowest BCUT2D eigenvalue weighted by molar-refractivity contribution is 0.215. The Bertz CT molecular complexity index is 587. The van der Waals surface area contributed by atoms with Gasteiger partial charge in [-0.15, -0.1) is 0 Å². The lowest BCUT2D eigenvalue weighted by Crippen LogP contribution is -2.12. The molecule has 0 fully saturated rings. The van der Waals surface area contributed by atoms with Crippen LogP contribution in [-0.4, -0.2) is 20.3 Å². The van der Waals surface area contributed by atoms with E-state index in [4.69, 9.17) is 9.47 Å². The number of rotatable bonds is 7. The lowest BCUT2D eigenvalue weighted by atomic mass is 10.2. The van der Waals surface area contributed by atoms with Gasteiger partial charge in [-0.3, -0.25) is 0 Å². The molecule has 0 aliphatic heterocycles. The van der Waals surface area contributed by atoms with Gasteiger partial charge in [0.1, 0.15) is 30.5 Å². The van der Waals surface area contributed by atoms with Crippen molar-refractivity contribution in [3.8, 4) is 11.5 Å². The van der Waals surface area contributed by atoms with Gasteiger partial charge in [-0.2, -0.15) is 0 Å². The fourth-order valence-electron chi connectivity index (χ4n) is 2.00. The molecule has 0 saturated carbocycles. The highest BCUT2D eigenvalue weighted by atomic mass is 19.1. The molecule has 112 valence electrons. The predicted octanol–water partition coefficient (Wildman–Crippen LogP) is 3.31. The molecule has 0 saturated heterocycles. The summed E-state index contributed by atoms with van der Waals surface area (Å²) in [6, 6.07) is 12.6. The van der Waals surface area contributed by atoms with Crippen LogP contribution in [0, 0.1) is 12.7 Å². The van der Waals surface area contributed by atoms with Crippen molar-refractivity contribution in [1.29, 1.82) is 0 Å². The number of nitrogens with one attached hydrogen (secondary N) is 1. The Hall–Kier alpha value is -2.07. The van der Waals surface area contributed by atoms with E-state index in [9.17, 15) is 4.39 Å². The summed E-state index contributed by atoms with van der Waals surface area (Å²) >= 11 is 0. The zero-order chi connectivity index (χ0) is 15.1. The van der Waals surface area contributed by atoms with Gasteiger partial charge in [-0.25, -0.2) is 4.39 Å². The van der Waals surface area contributed by atoms with E-state index in [0.29, 0.717) is 24.5 Å². The SMILES string of the molecule is CNCc1ccccc1OCCOc1ccc(F)c(C)c1. The smallest absolute Gasteiger partial charge is 0.126 e. The first-order valence-corrected chi connectivity index (χ1v) is 6.95. The van der Waals surface area contributed by atoms with Crippen molar-refractivity contribution in [2.75, 3.05) is 20.3 Å². The van der Waals surface area contributed by atoms with E-state index in [-0.39, 0.29) is 5.82 Å². The molecule has 2 rings (SSSR count). The Balaban J connectivity index is 1.83. The summed E-state index contributed by atoms with van der Waals surface area (Å²) in [5.74, 6) is 1.28. The van der Waals surface area contributed by atoms with E-state index in [2.05, 4.69) is 5.32 Å². The van der Waals surface area contributed by atoms with E-state index in [1.165, 1.54) is 6.07 Å². The predicted molar refractivity (Wildman–Crippen MR) is 81.3 cm³/mol. The molecular formula is C17H20FNO2. The molecule has 4 heteroatoms. The van der Waals surface area contributed by atoms with Gasteiger partial charge in [0.05, 0.1) is 0 Å². The molecule has 0 heterocycles. The van der Waals surface area contributed by atoms with E-state index in [1.807, 2.05) is 31.3 Å². The summed E-state index contributed by atoms with van der Waals surface area (Å²) in [7, 11) is 1.90. The topological polar surface area (TPSA) is 30.5 Å². The molecule has 21 heavy (non-hydrogen) atoms. The highest BCUT2D eigenvalue weighted by Gasteiger charge is 2.03. The number of halogens is 1. The normalized spacial score (nSPS) is 10.4. The summed E-state index contributed by atoms with van der Waals surface area (Å²) in [5.41, 5.74) is 1.69. The van der Waals surface area contributed by atoms with E-state index in [0.717, 1.165) is 17.9 Å². The van der Waals surface area contributed by atoms with E-state index in [1.54, 1.807) is 19.1 Å². The number of benzene rings is 2. The summed E-state index contributed by atoms with van der Waals surface area (Å²) in [6.45, 7) is 3.33. The van der Waals surface area contributed by atoms with Crippen molar-refractivity contribution < 1.29 is 13.9 Å². The first kappa shape index (κ1) is 15.3. The maximum atomic E-state index is 13.1. The van der Waals surface area contributed by atoms with Gasteiger partial charge in [-0.1, -0.05) is 18.2 Å². The van der Waals surface area contributed by atoms with Crippen LogP contribution in [0.4, 0.5) is 4.39 Å². The molecular weight excluding hydrogens is 269 g/mol. The maximum Gasteiger partial charge on any atom is 0.126 e. The van der Waals surface area contributed by atoms with Crippen molar-refractivity contribution in [1.82, 2.24) is 5.32 Å². The average Bonchev–Trinajstić information content (AvgIpc) is 2.49. The molecule has 3 nitrogen and oxygen atoms in total. The second kappa shape index (κ2) is 7.64. The average molecular weight is 289 g/mol. The molecule has 2 aromatic rings. The highest BCUT2D eigenvalue weighted by Crippen LogP contribution is 2.18. The standard InChI is InChI=1S/C17H20FNO2/c1-13-11-15(7-8-16(13)18)20-9-10-21-17-6-4-3-5-14(17)12-19-2/h3-8,11,19H,9-10,12H2,1-2H3. The van der Waals surface area contributed by atoms with Gasteiger partial charge >= 0.3 is 0 Å². The summed E-state index contributed by atoms with van der Waals surface area (Å²) in [6.07, 6.45) is 0. The van der Waals surface area contributed by atoms with Gasteiger partial charge < -0.3 is 14.8 Å². The van der Waals surface area contributed by atoms with Crippen molar-refractivity contribution in [2.24, 2.45) is 0 Å². The molecule has 0 spiro atoms. The molecule has 0 radical (unpaired) electrons. The van der Waals surface area contributed by atoms with Crippen molar-refractivity contribution in [2.45, 2.75) is 13.5 Å². The largest absolute Gasteiger partial charge is 0.490 e. The number of aryl methyl sites for hydroxylation is 1. The highest BCUT2D eigenvalue weighted by molar-refractivity contribution is 5.33. The lowest BCUT2D eigenvalue weighted by Gasteiger charge is -2.12. The Morgan fingerprint density at radius 3 is 2.57 bits per heavy atom. The van der Waals surface area contributed by atoms with Crippen molar-refractivity contribution in [3.63, 3.8) is 0 Å². The molecule has 0 aliphatic rings. The third kappa shape index (κ3) is 4.46.